The molecular weight excluding hydrogens is 219 g/mol. The molecular formula is C7H15Cl3Si. The van der Waals surface area contributed by atoms with Crippen LogP contribution in [0.15, 0.2) is 0 Å². The van der Waals surface area contributed by atoms with E-state index in [1.807, 2.05) is 6.55 Å². The fourth-order valence-corrected chi connectivity index (χ4v) is 2.75. The molecule has 0 unspecified atom stereocenters. The lowest BCUT2D eigenvalue weighted by molar-refractivity contribution is 0.702. The van der Waals surface area contributed by atoms with E-state index in [2.05, 4.69) is 0 Å². The lowest BCUT2D eigenvalue weighted by Gasteiger charge is -2.08. The zero-order chi connectivity index (χ0) is 8.74. The summed E-state index contributed by atoms with van der Waals surface area (Å²) in [6, 6.07) is 1.01. The van der Waals surface area contributed by atoms with Crippen LogP contribution in [0.4, 0.5) is 0 Å². The van der Waals surface area contributed by atoms with Gasteiger partial charge in [0.25, 0.3) is 0 Å². The number of hydrogen-bond donors (Lipinski definition) is 0. The Hall–Kier alpha value is 1.09. The van der Waals surface area contributed by atoms with Crippen molar-refractivity contribution < 1.29 is 0 Å². The Morgan fingerprint density at radius 1 is 1.00 bits per heavy atom. The van der Waals surface area contributed by atoms with Gasteiger partial charge in [0.1, 0.15) is 0 Å². The van der Waals surface area contributed by atoms with Gasteiger partial charge >= 0.3 is 0 Å². The Kier molecular flexibility index (Phi) is 7.24. The van der Waals surface area contributed by atoms with Gasteiger partial charge in [0.05, 0.1) is 0 Å². The first-order valence-corrected chi connectivity index (χ1v) is 9.26. The minimum Gasteiger partial charge on any atom is -0.146 e. The Labute approximate surface area is 84.6 Å². The number of hydrogen-bond acceptors (Lipinski definition) is 0. The van der Waals surface area contributed by atoms with Crippen molar-refractivity contribution in [1.82, 2.24) is 0 Å². The molecule has 0 aliphatic rings. The monoisotopic (exact) mass is 232 g/mol. The van der Waals surface area contributed by atoms with E-state index in [9.17, 15) is 0 Å². The predicted octanol–water partition coefficient (Wildman–Crippen LogP) is 4.34. The van der Waals surface area contributed by atoms with Crippen molar-refractivity contribution in [3.05, 3.63) is 0 Å². The molecule has 0 bridgehead atoms. The molecule has 0 atom stereocenters. The Morgan fingerprint density at radius 2 is 1.55 bits per heavy atom. The SMILES string of the molecule is C[Si](Cl)(Cl)CCCCCCCl. The zero-order valence-electron chi connectivity index (χ0n) is 6.88. The lowest BCUT2D eigenvalue weighted by atomic mass is 10.2. The molecule has 0 spiro atoms. The highest BCUT2D eigenvalue weighted by Crippen LogP contribution is 2.22. The maximum atomic E-state index is 5.92. The molecule has 0 saturated carbocycles. The minimum atomic E-state index is -1.81. The van der Waals surface area contributed by atoms with Crippen LogP contribution in [0.5, 0.6) is 0 Å². The van der Waals surface area contributed by atoms with Gasteiger partial charge in [0, 0.05) is 5.88 Å². The minimum absolute atomic E-state index is 0.774. The Morgan fingerprint density at radius 3 is 2.00 bits per heavy atom. The van der Waals surface area contributed by atoms with Crippen LogP contribution in [-0.4, -0.2) is 12.6 Å². The molecule has 11 heavy (non-hydrogen) atoms. The van der Waals surface area contributed by atoms with E-state index in [1.54, 1.807) is 0 Å². The van der Waals surface area contributed by atoms with Crippen molar-refractivity contribution in [2.75, 3.05) is 5.88 Å². The molecule has 0 aromatic heterocycles. The molecule has 4 heteroatoms. The zero-order valence-corrected chi connectivity index (χ0v) is 10.1. The maximum Gasteiger partial charge on any atom is 0.248 e. The first-order valence-electron chi connectivity index (χ1n) is 4.00. The molecule has 0 nitrogen and oxygen atoms in total. The number of unbranched alkanes of at least 4 members (excludes halogenated alkanes) is 3. The van der Waals surface area contributed by atoms with Crippen LogP contribution < -0.4 is 0 Å². The lowest BCUT2D eigenvalue weighted by Crippen LogP contribution is -2.11. The molecule has 0 N–H and O–H groups in total. The van der Waals surface area contributed by atoms with Crippen molar-refractivity contribution in [3.63, 3.8) is 0 Å². The maximum absolute atomic E-state index is 5.92. The molecule has 68 valence electrons. The van der Waals surface area contributed by atoms with Crippen LogP contribution in [0.25, 0.3) is 0 Å². The van der Waals surface area contributed by atoms with Crippen LogP contribution in [0.3, 0.4) is 0 Å². The molecule has 0 fully saturated rings. The van der Waals surface area contributed by atoms with Crippen molar-refractivity contribution in [2.24, 2.45) is 0 Å². The van der Waals surface area contributed by atoms with Gasteiger partial charge in [-0.25, -0.2) is 0 Å². The van der Waals surface area contributed by atoms with Gasteiger partial charge in [0.2, 0.25) is 6.69 Å². The normalized spacial score (nSPS) is 12.0. The average molecular weight is 234 g/mol. The van der Waals surface area contributed by atoms with Crippen molar-refractivity contribution in [3.8, 4) is 0 Å². The highest BCUT2D eigenvalue weighted by atomic mass is 35.7. The molecule has 0 rings (SSSR count). The number of alkyl halides is 1. The quantitative estimate of drug-likeness (QED) is 0.277. The predicted molar refractivity (Wildman–Crippen MR) is 57.3 cm³/mol. The average Bonchev–Trinajstić information content (AvgIpc) is 1.85. The van der Waals surface area contributed by atoms with Crippen LogP contribution in [0, 0.1) is 0 Å². The van der Waals surface area contributed by atoms with Gasteiger partial charge < -0.3 is 0 Å². The summed E-state index contributed by atoms with van der Waals surface area (Å²) >= 11 is 17.4. The molecule has 0 amide bonds. The van der Waals surface area contributed by atoms with Crippen LogP contribution in [-0.2, 0) is 0 Å². The molecule has 0 radical (unpaired) electrons. The van der Waals surface area contributed by atoms with Gasteiger partial charge in [-0.1, -0.05) is 19.3 Å². The summed E-state index contributed by atoms with van der Waals surface area (Å²) in [5.41, 5.74) is 0. The van der Waals surface area contributed by atoms with E-state index in [-0.39, 0.29) is 0 Å². The van der Waals surface area contributed by atoms with Crippen LogP contribution in [0.1, 0.15) is 25.7 Å². The molecule has 0 heterocycles. The van der Waals surface area contributed by atoms with E-state index in [0.29, 0.717) is 0 Å². The summed E-state index contributed by atoms with van der Waals surface area (Å²) in [6.07, 6.45) is 4.70. The third-order valence-corrected chi connectivity index (χ3v) is 4.13. The molecule has 0 aliphatic heterocycles. The standard InChI is InChI=1S/C7H15Cl3Si/c1-11(9,10)7-5-3-2-4-6-8/h2-7H2,1H3. The third kappa shape index (κ3) is 11.1. The van der Waals surface area contributed by atoms with Crippen molar-refractivity contribution in [1.29, 1.82) is 0 Å². The smallest absolute Gasteiger partial charge is 0.146 e. The fraction of sp³-hybridized carbons (Fsp3) is 1.00. The fourth-order valence-electron chi connectivity index (χ4n) is 0.883. The van der Waals surface area contributed by atoms with Crippen LogP contribution in [0.2, 0.25) is 12.6 Å². The first kappa shape index (κ1) is 12.1. The summed E-state index contributed by atoms with van der Waals surface area (Å²) in [4.78, 5) is 0. The Balaban J connectivity index is 3.02. The summed E-state index contributed by atoms with van der Waals surface area (Å²) < 4.78 is 0. The summed E-state index contributed by atoms with van der Waals surface area (Å²) in [5, 5.41) is 0. The summed E-state index contributed by atoms with van der Waals surface area (Å²) in [5.74, 6) is 0.774. The van der Waals surface area contributed by atoms with Gasteiger partial charge in [-0.05, 0) is 19.0 Å². The van der Waals surface area contributed by atoms with E-state index in [0.717, 1.165) is 24.8 Å². The topological polar surface area (TPSA) is 0 Å². The highest BCUT2D eigenvalue weighted by molar-refractivity contribution is 7.44. The van der Waals surface area contributed by atoms with E-state index in [1.165, 1.54) is 12.8 Å². The molecule has 0 aromatic carbocycles. The number of halogens is 3. The van der Waals surface area contributed by atoms with E-state index in [4.69, 9.17) is 33.8 Å². The van der Waals surface area contributed by atoms with Crippen LogP contribution >= 0.6 is 33.8 Å². The largest absolute Gasteiger partial charge is 0.248 e. The number of rotatable bonds is 6. The highest BCUT2D eigenvalue weighted by Gasteiger charge is 2.19. The third-order valence-electron chi connectivity index (χ3n) is 1.50. The molecule has 0 aliphatic carbocycles. The van der Waals surface area contributed by atoms with Gasteiger partial charge in [-0.3, -0.25) is 0 Å². The van der Waals surface area contributed by atoms with Crippen molar-refractivity contribution >= 4 is 40.5 Å². The molecule has 0 aromatic rings. The van der Waals surface area contributed by atoms with E-state index >= 15 is 0 Å². The van der Waals surface area contributed by atoms with Crippen molar-refractivity contribution in [2.45, 2.75) is 38.3 Å². The van der Waals surface area contributed by atoms with Gasteiger partial charge in [-0.15, -0.1) is 33.8 Å². The second-order valence-corrected chi connectivity index (χ2v) is 11.5. The Bertz CT molecular complexity index is 90.2. The summed E-state index contributed by atoms with van der Waals surface area (Å²) in [6.45, 7) is 0.164. The van der Waals surface area contributed by atoms with Gasteiger partial charge in [0.15, 0.2) is 0 Å². The van der Waals surface area contributed by atoms with E-state index < -0.39 is 6.69 Å². The first-order chi connectivity index (χ1) is 5.06. The summed E-state index contributed by atoms with van der Waals surface area (Å²) in [7, 11) is 0. The second kappa shape index (κ2) is 6.59. The van der Waals surface area contributed by atoms with Gasteiger partial charge in [-0.2, -0.15) is 0 Å². The molecule has 0 saturated heterocycles. The second-order valence-electron chi connectivity index (χ2n) is 2.92.